The van der Waals surface area contributed by atoms with Gasteiger partial charge in [-0.1, -0.05) is 37.3 Å². The largest absolute Gasteiger partial charge is 0.481 e. The summed E-state index contributed by atoms with van der Waals surface area (Å²) >= 11 is 0. The quantitative estimate of drug-likeness (QED) is 0.680. The summed E-state index contributed by atoms with van der Waals surface area (Å²) in [6.07, 6.45) is 1.67. The highest BCUT2D eigenvalue weighted by molar-refractivity contribution is 5.89. The van der Waals surface area contributed by atoms with Crippen LogP contribution in [0.4, 0.5) is 4.79 Å². The van der Waals surface area contributed by atoms with Gasteiger partial charge in [0.25, 0.3) is 0 Å². The maximum absolute atomic E-state index is 12.7. The van der Waals surface area contributed by atoms with Gasteiger partial charge in [-0.25, -0.2) is 4.79 Å². The molecule has 1 aliphatic heterocycles. The first-order chi connectivity index (χ1) is 12.8. The summed E-state index contributed by atoms with van der Waals surface area (Å²) in [4.78, 5) is 38.6. The van der Waals surface area contributed by atoms with Crippen LogP contribution in [0.3, 0.4) is 0 Å². The standard InChI is InChI=1S/C20H29N3O4/c1-4-20(18(25)26,15-9-6-5-7-10-15)13-21-17(24)16-11-8-12-23(16)19(27)22-14(2)3/h5-7,9-10,14,16H,4,8,11-13H2,1-3H3,(H,21,24)(H,22,27)(H,25,26)/t16-,20?/m0/s1. The molecule has 2 rings (SSSR count). The van der Waals surface area contributed by atoms with E-state index in [-0.39, 0.29) is 24.5 Å². The van der Waals surface area contributed by atoms with E-state index in [2.05, 4.69) is 10.6 Å². The summed E-state index contributed by atoms with van der Waals surface area (Å²) in [7, 11) is 0. The number of likely N-dealkylation sites (tertiary alicyclic amines) is 1. The monoisotopic (exact) mass is 375 g/mol. The van der Waals surface area contributed by atoms with E-state index in [4.69, 9.17) is 0 Å². The van der Waals surface area contributed by atoms with Crippen molar-refractivity contribution < 1.29 is 19.5 Å². The average Bonchev–Trinajstić information content (AvgIpc) is 3.12. The summed E-state index contributed by atoms with van der Waals surface area (Å²) in [5.41, 5.74) is -0.540. The van der Waals surface area contributed by atoms with Crippen LogP contribution in [0.5, 0.6) is 0 Å². The van der Waals surface area contributed by atoms with Gasteiger partial charge >= 0.3 is 12.0 Å². The van der Waals surface area contributed by atoms with Crippen molar-refractivity contribution in [2.45, 2.75) is 57.5 Å². The maximum atomic E-state index is 12.7. The number of urea groups is 1. The minimum Gasteiger partial charge on any atom is -0.481 e. The molecule has 1 unspecified atom stereocenters. The van der Waals surface area contributed by atoms with Crippen LogP contribution in [0.2, 0.25) is 0 Å². The van der Waals surface area contributed by atoms with Gasteiger partial charge in [0, 0.05) is 19.1 Å². The fourth-order valence-corrected chi connectivity index (χ4v) is 3.51. The molecule has 0 saturated carbocycles. The lowest BCUT2D eigenvalue weighted by Gasteiger charge is -2.31. The zero-order chi connectivity index (χ0) is 20.0. The molecule has 0 spiro atoms. The number of amides is 3. The molecular formula is C20H29N3O4. The lowest BCUT2D eigenvalue weighted by Crippen LogP contribution is -2.53. The Kier molecular flexibility index (Phi) is 6.82. The molecule has 0 bridgehead atoms. The van der Waals surface area contributed by atoms with Crippen molar-refractivity contribution in [2.75, 3.05) is 13.1 Å². The maximum Gasteiger partial charge on any atom is 0.318 e. The van der Waals surface area contributed by atoms with Crippen molar-refractivity contribution in [1.29, 1.82) is 0 Å². The van der Waals surface area contributed by atoms with Crippen LogP contribution in [0.15, 0.2) is 30.3 Å². The Morgan fingerprint density at radius 1 is 1.26 bits per heavy atom. The summed E-state index contributed by atoms with van der Waals surface area (Å²) in [6.45, 7) is 6.03. The van der Waals surface area contributed by atoms with E-state index in [1.807, 2.05) is 19.9 Å². The topological polar surface area (TPSA) is 98.7 Å². The highest BCUT2D eigenvalue weighted by atomic mass is 16.4. The van der Waals surface area contributed by atoms with Crippen LogP contribution in [-0.4, -0.2) is 53.1 Å². The number of aliphatic carboxylic acids is 1. The van der Waals surface area contributed by atoms with Crippen molar-refractivity contribution in [1.82, 2.24) is 15.5 Å². The molecule has 1 aliphatic rings. The smallest absolute Gasteiger partial charge is 0.318 e. The molecule has 1 fully saturated rings. The number of carbonyl (C=O) groups is 3. The fraction of sp³-hybridized carbons (Fsp3) is 0.550. The Labute approximate surface area is 160 Å². The van der Waals surface area contributed by atoms with E-state index < -0.39 is 17.4 Å². The van der Waals surface area contributed by atoms with Gasteiger partial charge in [-0.2, -0.15) is 0 Å². The fourth-order valence-electron chi connectivity index (χ4n) is 3.51. The number of rotatable bonds is 7. The Balaban J connectivity index is 2.11. The molecule has 1 aromatic rings. The molecule has 2 atom stereocenters. The predicted molar refractivity (Wildman–Crippen MR) is 102 cm³/mol. The second-order valence-corrected chi connectivity index (χ2v) is 7.28. The number of nitrogens with zero attached hydrogens (tertiary/aromatic N) is 1. The molecule has 148 valence electrons. The number of hydrogen-bond donors (Lipinski definition) is 3. The van der Waals surface area contributed by atoms with E-state index in [1.165, 1.54) is 4.90 Å². The van der Waals surface area contributed by atoms with Gasteiger partial charge in [-0.15, -0.1) is 0 Å². The van der Waals surface area contributed by atoms with E-state index in [9.17, 15) is 19.5 Å². The molecule has 0 aromatic heterocycles. The molecule has 3 N–H and O–H groups in total. The molecule has 27 heavy (non-hydrogen) atoms. The van der Waals surface area contributed by atoms with Crippen LogP contribution in [-0.2, 0) is 15.0 Å². The lowest BCUT2D eigenvalue weighted by molar-refractivity contribution is -0.144. The number of carboxylic acid groups (broad SMARTS) is 1. The molecule has 0 aliphatic carbocycles. The van der Waals surface area contributed by atoms with Crippen LogP contribution >= 0.6 is 0 Å². The first kappa shape index (κ1) is 20.7. The molecule has 1 saturated heterocycles. The molecule has 3 amide bonds. The van der Waals surface area contributed by atoms with Gasteiger partial charge in [0.05, 0.1) is 0 Å². The average molecular weight is 375 g/mol. The molecular weight excluding hydrogens is 346 g/mol. The van der Waals surface area contributed by atoms with Crippen LogP contribution < -0.4 is 10.6 Å². The Hall–Kier alpha value is -2.57. The van der Waals surface area contributed by atoms with E-state index in [0.29, 0.717) is 24.9 Å². The Bertz CT molecular complexity index is 677. The van der Waals surface area contributed by atoms with Crippen LogP contribution in [0.1, 0.15) is 45.6 Å². The van der Waals surface area contributed by atoms with Crippen molar-refractivity contribution in [3.63, 3.8) is 0 Å². The predicted octanol–water partition coefficient (Wildman–Crippen LogP) is 2.12. The second-order valence-electron chi connectivity index (χ2n) is 7.28. The zero-order valence-corrected chi connectivity index (χ0v) is 16.2. The molecule has 7 heteroatoms. The molecule has 0 radical (unpaired) electrons. The number of carbonyl (C=O) groups excluding carboxylic acids is 2. The van der Waals surface area contributed by atoms with Crippen LogP contribution in [0, 0.1) is 0 Å². The van der Waals surface area contributed by atoms with E-state index >= 15 is 0 Å². The van der Waals surface area contributed by atoms with Gasteiger partial charge in [0.2, 0.25) is 5.91 Å². The third-order valence-corrected chi connectivity index (χ3v) is 5.13. The lowest BCUT2D eigenvalue weighted by atomic mass is 9.78. The van der Waals surface area contributed by atoms with E-state index in [0.717, 1.165) is 6.42 Å². The Morgan fingerprint density at radius 2 is 1.93 bits per heavy atom. The number of carboxylic acids is 1. The number of nitrogens with one attached hydrogen (secondary N) is 2. The van der Waals surface area contributed by atoms with Gasteiger partial charge in [0.15, 0.2) is 0 Å². The first-order valence-corrected chi connectivity index (χ1v) is 9.45. The highest BCUT2D eigenvalue weighted by Gasteiger charge is 2.41. The third-order valence-electron chi connectivity index (χ3n) is 5.13. The summed E-state index contributed by atoms with van der Waals surface area (Å²) in [5, 5.41) is 15.5. The Morgan fingerprint density at radius 3 is 2.48 bits per heavy atom. The summed E-state index contributed by atoms with van der Waals surface area (Å²) in [6, 6.07) is 8.10. The summed E-state index contributed by atoms with van der Waals surface area (Å²) in [5.74, 6) is -1.28. The van der Waals surface area contributed by atoms with Gasteiger partial charge in [-0.3, -0.25) is 9.59 Å². The molecule has 7 nitrogen and oxygen atoms in total. The number of benzene rings is 1. The molecule has 1 aromatic carbocycles. The van der Waals surface area contributed by atoms with Crippen molar-refractivity contribution in [3.05, 3.63) is 35.9 Å². The van der Waals surface area contributed by atoms with Crippen LogP contribution in [0.25, 0.3) is 0 Å². The highest BCUT2D eigenvalue weighted by Crippen LogP contribution is 2.28. The van der Waals surface area contributed by atoms with Crippen molar-refractivity contribution in [2.24, 2.45) is 0 Å². The second kappa shape index (κ2) is 8.88. The SMILES string of the molecule is CCC(CNC(=O)[C@@H]1CCCN1C(=O)NC(C)C)(C(=O)O)c1ccccc1. The zero-order valence-electron chi connectivity index (χ0n) is 16.2. The first-order valence-electron chi connectivity index (χ1n) is 9.45. The third kappa shape index (κ3) is 4.59. The number of hydrogen-bond acceptors (Lipinski definition) is 3. The normalized spacial score (nSPS) is 18.8. The van der Waals surface area contributed by atoms with Crippen molar-refractivity contribution in [3.8, 4) is 0 Å². The van der Waals surface area contributed by atoms with Gasteiger partial charge < -0.3 is 20.6 Å². The molecule has 1 heterocycles. The van der Waals surface area contributed by atoms with Gasteiger partial charge in [-0.05, 0) is 38.7 Å². The van der Waals surface area contributed by atoms with E-state index in [1.54, 1.807) is 31.2 Å². The van der Waals surface area contributed by atoms with Crippen molar-refractivity contribution >= 4 is 17.9 Å². The minimum atomic E-state index is -1.19. The van der Waals surface area contributed by atoms with Gasteiger partial charge in [0.1, 0.15) is 11.5 Å². The minimum absolute atomic E-state index is 0.0142. The summed E-state index contributed by atoms with van der Waals surface area (Å²) < 4.78 is 0.